The molecule has 0 saturated heterocycles. The summed E-state index contributed by atoms with van der Waals surface area (Å²) in [4.78, 5) is 38.7. The minimum atomic E-state index is -0.812. The summed E-state index contributed by atoms with van der Waals surface area (Å²) in [5.41, 5.74) is 1.42. The number of anilines is 2. The summed E-state index contributed by atoms with van der Waals surface area (Å²) in [5, 5.41) is 14.5. The number of nitro benzene ring substituents is 1. The Bertz CT molecular complexity index is 1020. The number of hydrogen-bond acceptors (Lipinski definition) is 4. The first-order valence-electron chi connectivity index (χ1n) is 11.2. The highest BCUT2D eigenvalue weighted by Gasteiger charge is 2.45. The van der Waals surface area contributed by atoms with E-state index in [1.807, 2.05) is 51.1 Å². The van der Waals surface area contributed by atoms with Gasteiger partial charge in [0.1, 0.15) is 5.69 Å². The molecule has 1 heterocycles. The molecule has 2 amide bonds. The van der Waals surface area contributed by atoms with Gasteiger partial charge < -0.3 is 10.2 Å². The number of nitrogens with zero attached hydrogens (tertiary/aromatic N) is 2. The summed E-state index contributed by atoms with van der Waals surface area (Å²) in [5.74, 6) is -0.401. The van der Waals surface area contributed by atoms with Crippen molar-refractivity contribution in [1.29, 1.82) is 0 Å². The van der Waals surface area contributed by atoms with Gasteiger partial charge in [-0.05, 0) is 43.4 Å². The lowest BCUT2D eigenvalue weighted by molar-refractivity contribution is -0.383. The number of nitro groups is 1. The molecule has 0 saturated carbocycles. The minimum absolute atomic E-state index is 0.0308. The molecule has 7 heteroatoms. The summed E-state index contributed by atoms with van der Waals surface area (Å²) in [6.07, 6.45) is 3.03. The SMILES string of the molecule is CCCCCN1C(=O)C(C)(C)c2cc(NC(=O)CC(C)c3ccccc3)c([N+](=O)[O-])cc21. The Morgan fingerprint density at radius 1 is 1.19 bits per heavy atom. The van der Waals surface area contributed by atoms with Gasteiger partial charge in [0, 0.05) is 19.0 Å². The molecule has 3 rings (SSSR count). The number of hydrogen-bond donors (Lipinski definition) is 1. The number of nitrogens with one attached hydrogen (secondary N) is 1. The molecule has 1 N–H and O–H groups in total. The average Bonchev–Trinajstić information content (AvgIpc) is 2.94. The molecular weight excluding hydrogens is 406 g/mol. The number of unbranched alkanes of at least 4 members (excludes halogenated alkanes) is 2. The molecular formula is C25H31N3O4. The van der Waals surface area contributed by atoms with E-state index in [1.54, 1.807) is 11.0 Å². The molecule has 170 valence electrons. The first-order valence-corrected chi connectivity index (χ1v) is 11.2. The van der Waals surface area contributed by atoms with Gasteiger partial charge in [-0.15, -0.1) is 0 Å². The lowest BCUT2D eigenvalue weighted by Crippen LogP contribution is -2.36. The second-order valence-electron chi connectivity index (χ2n) is 9.00. The van der Waals surface area contributed by atoms with Crippen molar-refractivity contribution in [1.82, 2.24) is 0 Å². The molecule has 2 aromatic carbocycles. The first kappa shape index (κ1) is 23.4. The highest BCUT2D eigenvalue weighted by Crippen LogP contribution is 2.46. The van der Waals surface area contributed by atoms with Crippen molar-refractivity contribution in [3.05, 3.63) is 63.7 Å². The van der Waals surface area contributed by atoms with Crippen LogP contribution in [0.3, 0.4) is 0 Å². The Hall–Kier alpha value is -3.22. The van der Waals surface area contributed by atoms with E-state index < -0.39 is 10.3 Å². The van der Waals surface area contributed by atoms with Gasteiger partial charge in [-0.25, -0.2) is 0 Å². The maximum atomic E-state index is 13.1. The first-order chi connectivity index (χ1) is 15.2. The second-order valence-corrected chi connectivity index (χ2v) is 9.00. The highest BCUT2D eigenvalue weighted by atomic mass is 16.6. The third-order valence-corrected chi connectivity index (χ3v) is 6.17. The van der Waals surface area contributed by atoms with E-state index in [0.717, 1.165) is 24.8 Å². The summed E-state index contributed by atoms with van der Waals surface area (Å²) in [6.45, 7) is 8.20. The van der Waals surface area contributed by atoms with Crippen LogP contribution in [-0.2, 0) is 15.0 Å². The smallest absolute Gasteiger partial charge is 0.294 e. The number of benzene rings is 2. The molecule has 0 spiro atoms. The van der Waals surface area contributed by atoms with Crippen molar-refractivity contribution in [2.24, 2.45) is 0 Å². The van der Waals surface area contributed by atoms with Crippen molar-refractivity contribution in [2.45, 2.75) is 64.7 Å². The van der Waals surface area contributed by atoms with Gasteiger partial charge in [-0.1, -0.05) is 57.0 Å². The lowest BCUT2D eigenvalue weighted by Gasteiger charge is -2.20. The zero-order valence-corrected chi connectivity index (χ0v) is 19.2. The highest BCUT2D eigenvalue weighted by molar-refractivity contribution is 6.09. The zero-order valence-electron chi connectivity index (χ0n) is 19.2. The van der Waals surface area contributed by atoms with E-state index in [9.17, 15) is 19.7 Å². The summed E-state index contributed by atoms with van der Waals surface area (Å²) in [6, 6.07) is 12.7. The molecule has 1 aliphatic rings. The Morgan fingerprint density at radius 2 is 1.88 bits per heavy atom. The molecule has 0 radical (unpaired) electrons. The van der Waals surface area contributed by atoms with Crippen LogP contribution in [0.5, 0.6) is 0 Å². The molecule has 0 bridgehead atoms. The summed E-state index contributed by atoms with van der Waals surface area (Å²) in [7, 11) is 0. The zero-order chi connectivity index (χ0) is 23.5. The molecule has 0 aromatic heterocycles. The monoisotopic (exact) mass is 437 g/mol. The maximum absolute atomic E-state index is 13.1. The van der Waals surface area contributed by atoms with Crippen LogP contribution in [-0.4, -0.2) is 23.3 Å². The predicted molar refractivity (Wildman–Crippen MR) is 126 cm³/mol. The van der Waals surface area contributed by atoms with E-state index in [2.05, 4.69) is 12.2 Å². The van der Waals surface area contributed by atoms with Gasteiger partial charge >= 0.3 is 0 Å². The number of fused-ring (bicyclic) bond motifs is 1. The fraction of sp³-hybridized carbons (Fsp3) is 0.440. The van der Waals surface area contributed by atoms with Crippen molar-refractivity contribution in [3.63, 3.8) is 0 Å². The molecule has 7 nitrogen and oxygen atoms in total. The lowest BCUT2D eigenvalue weighted by atomic mass is 9.85. The van der Waals surface area contributed by atoms with Crippen molar-refractivity contribution in [2.75, 3.05) is 16.8 Å². The van der Waals surface area contributed by atoms with Crippen LogP contribution in [0.25, 0.3) is 0 Å². The molecule has 0 aliphatic carbocycles. The maximum Gasteiger partial charge on any atom is 0.294 e. The van der Waals surface area contributed by atoms with Crippen LogP contribution in [0.4, 0.5) is 17.1 Å². The third kappa shape index (κ3) is 4.66. The molecule has 2 aromatic rings. The van der Waals surface area contributed by atoms with Crippen LogP contribution < -0.4 is 10.2 Å². The molecule has 1 unspecified atom stereocenters. The predicted octanol–water partition coefficient (Wildman–Crippen LogP) is 5.54. The number of carbonyl (C=O) groups is 2. The largest absolute Gasteiger partial charge is 0.320 e. The fourth-order valence-corrected chi connectivity index (χ4v) is 4.23. The molecule has 1 aliphatic heterocycles. The van der Waals surface area contributed by atoms with Gasteiger partial charge in [-0.3, -0.25) is 19.7 Å². The fourth-order valence-electron chi connectivity index (χ4n) is 4.23. The third-order valence-electron chi connectivity index (χ3n) is 6.17. The Kier molecular flexibility index (Phi) is 6.96. The standard InChI is InChI=1S/C25H31N3O4/c1-5-6-10-13-27-21-16-22(28(31)32)20(15-19(21)25(3,4)24(27)30)26-23(29)14-17(2)18-11-8-7-9-12-18/h7-9,11-12,15-17H,5-6,10,13-14H2,1-4H3,(H,26,29). The Morgan fingerprint density at radius 3 is 2.50 bits per heavy atom. The topological polar surface area (TPSA) is 92.6 Å². The van der Waals surface area contributed by atoms with E-state index in [0.29, 0.717) is 17.8 Å². The quantitative estimate of drug-likeness (QED) is 0.317. The number of amides is 2. The van der Waals surface area contributed by atoms with Gasteiger partial charge in [0.15, 0.2) is 0 Å². The van der Waals surface area contributed by atoms with Gasteiger partial charge in [0.2, 0.25) is 11.8 Å². The summed E-state index contributed by atoms with van der Waals surface area (Å²) < 4.78 is 0. The van der Waals surface area contributed by atoms with Gasteiger partial charge in [-0.2, -0.15) is 0 Å². The Balaban J connectivity index is 1.89. The van der Waals surface area contributed by atoms with Crippen LogP contribution in [0.2, 0.25) is 0 Å². The summed E-state index contributed by atoms with van der Waals surface area (Å²) >= 11 is 0. The number of rotatable bonds is 9. The van der Waals surface area contributed by atoms with Crippen molar-refractivity contribution in [3.8, 4) is 0 Å². The minimum Gasteiger partial charge on any atom is -0.320 e. The molecule has 1 atom stereocenters. The van der Waals surface area contributed by atoms with Crippen molar-refractivity contribution >= 4 is 28.9 Å². The normalized spacial score (nSPS) is 15.4. The van der Waals surface area contributed by atoms with Crippen LogP contribution in [0, 0.1) is 10.1 Å². The van der Waals surface area contributed by atoms with E-state index in [4.69, 9.17) is 0 Å². The van der Waals surface area contributed by atoms with E-state index in [1.165, 1.54) is 6.07 Å². The van der Waals surface area contributed by atoms with Gasteiger partial charge in [0.05, 0.1) is 16.0 Å². The van der Waals surface area contributed by atoms with E-state index in [-0.39, 0.29) is 35.5 Å². The van der Waals surface area contributed by atoms with Crippen molar-refractivity contribution < 1.29 is 14.5 Å². The molecule has 0 fully saturated rings. The van der Waals surface area contributed by atoms with Crippen LogP contribution >= 0.6 is 0 Å². The average molecular weight is 438 g/mol. The second kappa shape index (κ2) is 9.51. The molecule has 32 heavy (non-hydrogen) atoms. The van der Waals surface area contributed by atoms with Crippen LogP contribution in [0.15, 0.2) is 42.5 Å². The Labute approximate surface area is 189 Å². The van der Waals surface area contributed by atoms with Crippen LogP contribution in [0.1, 0.15) is 70.4 Å². The number of carbonyl (C=O) groups excluding carboxylic acids is 2. The van der Waals surface area contributed by atoms with E-state index >= 15 is 0 Å². The van der Waals surface area contributed by atoms with Gasteiger partial charge in [0.25, 0.3) is 5.69 Å².